The quantitative estimate of drug-likeness (QED) is 0.801. The van der Waals surface area contributed by atoms with Gasteiger partial charge >= 0.3 is 0 Å². The molecule has 0 amide bonds. The Balaban J connectivity index is 2.22. The van der Waals surface area contributed by atoms with Gasteiger partial charge in [-0.15, -0.1) is 11.3 Å². The van der Waals surface area contributed by atoms with Gasteiger partial charge in [-0.2, -0.15) is 4.31 Å². The van der Waals surface area contributed by atoms with Crippen LogP contribution in [0.2, 0.25) is 0 Å². The lowest BCUT2D eigenvalue weighted by Crippen LogP contribution is -2.38. The number of piperidine rings is 1. The summed E-state index contributed by atoms with van der Waals surface area (Å²) < 4.78 is 26.3. The van der Waals surface area contributed by atoms with Gasteiger partial charge in [0.25, 0.3) is 10.0 Å². The van der Waals surface area contributed by atoms with E-state index in [2.05, 4.69) is 6.92 Å². The van der Waals surface area contributed by atoms with Crippen molar-refractivity contribution in [2.45, 2.75) is 24.0 Å². The predicted molar refractivity (Wildman–Crippen MR) is 61.5 cm³/mol. The molecule has 0 N–H and O–H groups in total. The summed E-state index contributed by atoms with van der Waals surface area (Å²) in [5.41, 5.74) is 0. The smallest absolute Gasteiger partial charge is 0.206 e. The molecule has 5 heteroatoms. The van der Waals surface area contributed by atoms with Gasteiger partial charge in [0.15, 0.2) is 0 Å². The first-order valence-electron chi connectivity index (χ1n) is 5.14. The van der Waals surface area contributed by atoms with Gasteiger partial charge in [0.2, 0.25) is 0 Å². The van der Waals surface area contributed by atoms with E-state index in [0.29, 0.717) is 23.2 Å². The largest absolute Gasteiger partial charge is 0.252 e. The maximum Gasteiger partial charge on any atom is 0.252 e. The Kier molecular flexibility index (Phi) is 3.13. The van der Waals surface area contributed by atoms with Gasteiger partial charge < -0.3 is 0 Å². The van der Waals surface area contributed by atoms with Gasteiger partial charge in [-0.1, -0.05) is 13.0 Å². The van der Waals surface area contributed by atoms with Crippen LogP contribution in [0.3, 0.4) is 0 Å². The summed E-state index contributed by atoms with van der Waals surface area (Å²) in [6.45, 7) is 3.45. The third-order valence-corrected chi connectivity index (χ3v) is 5.95. The molecule has 1 aliphatic heterocycles. The minimum Gasteiger partial charge on any atom is -0.206 e. The second-order valence-corrected chi connectivity index (χ2v) is 7.16. The zero-order valence-electron chi connectivity index (χ0n) is 8.72. The molecule has 0 aromatic carbocycles. The van der Waals surface area contributed by atoms with E-state index in [0.717, 1.165) is 12.8 Å². The first-order chi connectivity index (χ1) is 7.10. The molecule has 1 fully saturated rings. The van der Waals surface area contributed by atoms with E-state index < -0.39 is 10.0 Å². The number of hydrogen-bond acceptors (Lipinski definition) is 3. The van der Waals surface area contributed by atoms with Crippen molar-refractivity contribution in [1.29, 1.82) is 0 Å². The highest BCUT2D eigenvalue weighted by Gasteiger charge is 2.28. The van der Waals surface area contributed by atoms with Crippen molar-refractivity contribution in [1.82, 2.24) is 4.31 Å². The van der Waals surface area contributed by atoms with Crippen molar-refractivity contribution >= 4 is 21.4 Å². The van der Waals surface area contributed by atoms with Gasteiger partial charge in [0.1, 0.15) is 4.21 Å². The van der Waals surface area contributed by atoms with Crippen molar-refractivity contribution in [3.63, 3.8) is 0 Å². The van der Waals surface area contributed by atoms with Crippen LogP contribution >= 0.6 is 11.3 Å². The molecule has 1 saturated heterocycles. The average molecular weight is 245 g/mol. The average Bonchev–Trinajstić information content (AvgIpc) is 2.71. The fraction of sp³-hybridized carbons (Fsp3) is 0.600. The summed E-state index contributed by atoms with van der Waals surface area (Å²) in [5.74, 6) is 0.480. The molecule has 15 heavy (non-hydrogen) atoms. The van der Waals surface area contributed by atoms with E-state index in [1.54, 1.807) is 21.8 Å². The maximum absolute atomic E-state index is 12.1. The van der Waals surface area contributed by atoms with E-state index in [-0.39, 0.29) is 0 Å². The van der Waals surface area contributed by atoms with Crippen LogP contribution in [0.15, 0.2) is 21.7 Å². The molecule has 0 bridgehead atoms. The molecule has 2 heterocycles. The van der Waals surface area contributed by atoms with Gasteiger partial charge in [0.05, 0.1) is 0 Å². The minimum absolute atomic E-state index is 0.469. The molecule has 1 aromatic rings. The molecule has 0 saturated carbocycles. The lowest BCUT2D eigenvalue weighted by molar-refractivity contribution is 0.281. The Morgan fingerprint density at radius 3 is 2.93 bits per heavy atom. The van der Waals surface area contributed by atoms with Gasteiger partial charge in [0, 0.05) is 13.1 Å². The molecule has 0 spiro atoms. The number of hydrogen-bond donors (Lipinski definition) is 0. The predicted octanol–water partition coefficient (Wildman–Crippen LogP) is 2.17. The van der Waals surface area contributed by atoms with Crippen LogP contribution in [0.5, 0.6) is 0 Å². The van der Waals surface area contributed by atoms with Crippen molar-refractivity contribution in [3.05, 3.63) is 17.5 Å². The third-order valence-electron chi connectivity index (χ3n) is 2.71. The van der Waals surface area contributed by atoms with Crippen LogP contribution in [0.4, 0.5) is 0 Å². The van der Waals surface area contributed by atoms with Crippen LogP contribution in [-0.4, -0.2) is 25.8 Å². The van der Waals surface area contributed by atoms with Crippen molar-refractivity contribution in [2.24, 2.45) is 5.92 Å². The number of rotatable bonds is 2. The normalized spacial score (nSPS) is 24.2. The molecular weight excluding hydrogens is 230 g/mol. The van der Waals surface area contributed by atoms with E-state index in [4.69, 9.17) is 0 Å². The number of nitrogens with zero attached hydrogens (tertiary/aromatic N) is 1. The van der Waals surface area contributed by atoms with Crippen LogP contribution < -0.4 is 0 Å². The fourth-order valence-corrected chi connectivity index (χ4v) is 4.65. The zero-order valence-corrected chi connectivity index (χ0v) is 10.4. The zero-order chi connectivity index (χ0) is 10.9. The Morgan fingerprint density at radius 1 is 1.53 bits per heavy atom. The SMILES string of the molecule is C[C@H]1CCCN(S(=O)(=O)c2cccs2)C1. The highest BCUT2D eigenvalue weighted by atomic mass is 32.2. The molecule has 0 aliphatic carbocycles. The fourth-order valence-electron chi connectivity index (χ4n) is 1.90. The second kappa shape index (κ2) is 4.23. The van der Waals surface area contributed by atoms with Crippen LogP contribution in [0.25, 0.3) is 0 Å². The Morgan fingerprint density at radius 2 is 2.33 bits per heavy atom. The summed E-state index contributed by atoms with van der Waals surface area (Å²) in [6.07, 6.45) is 2.11. The van der Waals surface area contributed by atoms with Crippen LogP contribution in [0, 0.1) is 5.92 Å². The highest BCUT2D eigenvalue weighted by molar-refractivity contribution is 7.91. The lowest BCUT2D eigenvalue weighted by atomic mass is 10.0. The number of thiophene rings is 1. The van der Waals surface area contributed by atoms with Crippen molar-refractivity contribution < 1.29 is 8.42 Å². The molecule has 1 atom stereocenters. The van der Waals surface area contributed by atoms with E-state index >= 15 is 0 Å². The maximum atomic E-state index is 12.1. The highest BCUT2D eigenvalue weighted by Crippen LogP contribution is 2.25. The molecule has 3 nitrogen and oxygen atoms in total. The molecule has 1 aromatic heterocycles. The van der Waals surface area contributed by atoms with Crippen molar-refractivity contribution in [3.8, 4) is 0 Å². The van der Waals surface area contributed by atoms with Gasteiger partial charge in [-0.25, -0.2) is 8.42 Å². The first-order valence-corrected chi connectivity index (χ1v) is 7.46. The molecule has 1 aliphatic rings. The second-order valence-electron chi connectivity index (χ2n) is 4.04. The van der Waals surface area contributed by atoms with Crippen LogP contribution in [-0.2, 0) is 10.0 Å². The summed E-state index contributed by atoms with van der Waals surface area (Å²) in [5, 5.41) is 1.81. The summed E-state index contributed by atoms with van der Waals surface area (Å²) >= 11 is 1.30. The van der Waals surface area contributed by atoms with Gasteiger partial charge in [-0.05, 0) is 30.2 Å². The summed E-state index contributed by atoms with van der Waals surface area (Å²) in [6, 6.07) is 3.46. The summed E-state index contributed by atoms with van der Waals surface area (Å²) in [4.78, 5) is 0. The lowest BCUT2D eigenvalue weighted by Gasteiger charge is -2.29. The Hall–Kier alpha value is -0.390. The molecular formula is C10H15NO2S2. The Bertz CT molecular complexity index is 411. The summed E-state index contributed by atoms with van der Waals surface area (Å²) in [7, 11) is -3.20. The molecule has 84 valence electrons. The molecule has 2 rings (SSSR count). The van der Waals surface area contributed by atoms with Gasteiger partial charge in [-0.3, -0.25) is 0 Å². The van der Waals surface area contributed by atoms with Crippen molar-refractivity contribution in [2.75, 3.05) is 13.1 Å². The third kappa shape index (κ3) is 2.24. The molecule has 0 radical (unpaired) electrons. The van der Waals surface area contributed by atoms with E-state index in [1.807, 2.05) is 0 Å². The molecule has 0 unspecified atom stereocenters. The monoisotopic (exact) mass is 245 g/mol. The standard InChI is InChI=1S/C10H15NO2S2/c1-9-4-2-6-11(8-9)15(12,13)10-5-3-7-14-10/h3,5,7,9H,2,4,6,8H2,1H3/t9-/m0/s1. The topological polar surface area (TPSA) is 37.4 Å². The first kappa shape index (κ1) is 11.1. The van der Waals surface area contributed by atoms with E-state index in [1.165, 1.54) is 11.3 Å². The van der Waals surface area contributed by atoms with Crippen LogP contribution in [0.1, 0.15) is 19.8 Å². The van der Waals surface area contributed by atoms with E-state index in [9.17, 15) is 8.42 Å². The Labute approximate surface area is 94.8 Å². The minimum atomic E-state index is -3.20. The number of sulfonamides is 1.